The van der Waals surface area contributed by atoms with Gasteiger partial charge in [0.25, 0.3) is 5.91 Å². The van der Waals surface area contributed by atoms with Crippen LogP contribution in [0.2, 0.25) is 0 Å². The van der Waals surface area contributed by atoms with Gasteiger partial charge in [0.1, 0.15) is 0 Å². The molecule has 2 atom stereocenters. The standard InChI is InChI=1S/C36H38F3N3O5/c37-29-13-14-30(38)34(33(29)39)47-17-3-4-22-7-9-24(10-8-22)28-18-27-19-40-20-31(42(27)36(45)46)32(28)35(44)41(26-11-12-26)21-25-6-2-1-5-23(25)15-16-43/h1-2,5-10,13-14,26-27,31,40,43H,3-4,11-12,15-21H2,(H,45,46)/t27-,31-/m1/s1. The second-order valence-corrected chi connectivity index (χ2v) is 12.3. The highest BCUT2D eigenvalue weighted by molar-refractivity contribution is 6.04. The Morgan fingerprint density at radius 3 is 2.36 bits per heavy atom. The lowest BCUT2D eigenvalue weighted by Crippen LogP contribution is -2.63. The monoisotopic (exact) mass is 649 g/mol. The molecule has 0 spiro atoms. The maximum atomic E-state index is 14.6. The molecule has 2 heterocycles. The van der Waals surface area contributed by atoms with Gasteiger partial charge in [-0.1, -0.05) is 48.5 Å². The Labute approximate surface area is 271 Å². The van der Waals surface area contributed by atoms with Crippen LogP contribution in [0.15, 0.2) is 66.2 Å². The molecule has 3 N–H and O–H groups in total. The average Bonchev–Trinajstić information content (AvgIpc) is 3.91. The first-order valence-electron chi connectivity index (χ1n) is 16.1. The zero-order chi connectivity index (χ0) is 33.1. The number of fused-ring (bicyclic) bond motifs is 2. The van der Waals surface area contributed by atoms with Crippen LogP contribution in [0.3, 0.4) is 0 Å². The van der Waals surface area contributed by atoms with Crippen molar-refractivity contribution in [3.05, 3.63) is 106 Å². The molecule has 1 saturated carbocycles. The van der Waals surface area contributed by atoms with Gasteiger partial charge in [0.05, 0.1) is 18.7 Å². The maximum absolute atomic E-state index is 14.6. The van der Waals surface area contributed by atoms with Crippen LogP contribution in [-0.4, -0.2) is 76.4 Å². The van der Waals surface area contributed by atoms with Crippen LogP contribution < -0.4 is 10.1 Å². The molecule has 0 aromatic heterocycles. The van der Waals surface area contributed by atoms with Crippen LogP contribution in [0.25, 0.3) is 5.57 Å². The van der Waals surface area contributed by atoms with Crippen LogP contribution in [0.4, 0.5) is 18.0 Å². The smallest absolute Gasteiger partial charge is 0.408 e. The predicted octanol–water partition coefficient (Wildman–Crippen LogP) is 5.32. The van der Waals surface area contributed by atoms with E-state index in [1.807, 2.05) is 53.4 Å². The SMILES string of the molecule is O=C(C1=C(c2ccc(CCCOc3c(F)ccc(F)c3F)cc2)C[C@@H]2CNC[C@H]1N2C(=O)O)N(Cc1ccccc1CCO)C1CC1. The largest absolute Gasteiger partial charge is 0.488 e. The third kappa shape index (κ3) is 7.01. The fourth-order valence-corrected chi connectivity index (χ4v) is 6.76. The zero-order valence-electron chi connectivity index (χ0n) is 25.9. The van der Waals surface area contributed by atoms with E-state index in [2.05, 4.69) is 5.32 Å². The molecule has 3 aliphatic rings. The van der Waals surface area contributed by atoms with Gasteiger partial charge >= 0.3 is 6.09 Å². The first-order valence-corrected chi connectivity index (χ1v) is 16.1. The van der Waals surface area contributed by atoms with E-state index in [0.29, 0.717) is 57.0 Å². The van der Waals surface area contributed by atoms with Gasteiger partial charge < -0.3 is 25.2 Å². The van der Waals surface area contributed by atoms with Crippen molar-refractivity contribution >= 4 is 17.6 Å². The van der Waals surface area contributed by atoms with E-state index in [1.54, 1.807) is 0 Å². The second kappa shape index (κ2) is 14.2. The lowest BCUT2D eigenvalue weighted by atomic mass is 9.81. The lowest BCUT2D eigenvalue weighted by molar-refractivity contribution is -0.129. The van der Waals surface area contributed by atoms with E-state index in [1.165, 1.54) is 4.90 Å². The molecule has 3 aromatic rings. The Kier molecular flexibility index (Phi) is 9.84. The van der Waals surface area contributed by atoms with Crippen LogP contribution in [0.5, 0.6) is 5.75 Å². The number of ether oxygens (including phenoxy) is 1. The van der Waals surface area contributed by atoms with E-state index in [9.17, 15) is 33.0 Å². The zero-order valence-corrected chi connectivity index (χ0v) is 25.9. The number of carboxylic acid groups (broad SMARTS) is 1. The van der Waals surface area contributed by atoms with Crippen molar-refractivity contribution in [3.8, 4) is 5.75 Å². The molecule has 11 heteroatoms. The van der Waals surface area contributed by atoms with E-state index in [-0.39, 0.29) is 31.2 Å². The molecule has 2 bridgehead atoms. The van der Waals surface area contributed by atoms with Gasteiger partial charge in [-0.2, -0.15) is 4.39 Å². The minimum Gasteiger partial charge on any atom is -0.488 e. The van der Waals surface area contributed by atoms with Crippen LogP contribution >= 0.6 is 0 Å². The normalized spacial score (nSPS) is 19.1. The third-order valence-electron chi connectivity index (χ3n) is 9.25. The molecule has 2 fully saturated rings. The van der Waals surface area contributed by atoms with Gasteiger partial charge in [-0.25, -0.2) is 13.6 Å². The van der Waals surface area contributed by atoms with E-state index in [4.69, 9.17) is 4.74 Å². The second-order valence-electron chi connectivity index (χ2n) is 12.3. The van der Waals surface area contributed by atoms with Gasteiger partial charge in [0.15, 0.2) is 17.4 Å². The van der Waals surface area contributed by atoms with Gasteiger partial charge in [0, 0.05) is 37.9 Å². The van der Waals surface area contributed by atoms with Crippen molar-refractivity contribution < 1.29 is 37.7 Å². The van der Waals surface area contributed by atoms with Crippen molar-refractivity contribution in [3.63, 3.8) is 0 Å². The number of hydrogen-bond donors (Lipinski definition) is 3. The number of rotatable bonds is 12. The highest BCUT2D eigenvalue weighted by Gasteiger charge is 2.46. The Balaban J connectivity index is 1.25. The van der Waals surface area contributed by atoms with Crippen LogP contribution in [-0.2, 0) is 24.2 Å². The maximum Gasteiger partial charge on any atom is 0.408 e. The van der Waals surface area contributed by atoms with Crippen molar-refractivity contribution in [1.29, 1.82) is 0 Å². The Morgan fingerprint density at radius 1 is 0.936 bits per heavy atom. The topological polar surface area (TPSA) is 102 Å². The summed E-state index contributed by atoms with van der Waals surface area (Å²) in [6.07, 6.45) is 2.53. The number of nitrogens with zero attached hydrogens (tertiary/aromatic N) is 2. The third-order valence-corrected chi connectivity index (χ3v) is 9.25. The van der Waals surface area contributed by atoms with Gasteiger partial charge in [-0.15, -0.1) is 0 Å². The molecule has 248 valence electrons. The molecular formula is C36H38F3N3O5. The summed E-state index contributed by atoms with van der Waals surface area (Å²) in [5.41, 5.74) is 5.05. The molecule has 0 unspecified atom stereocenters. The molecule has 1 aliphatic carbocycles. The fourth-order valence-electron chi connectivity index (χ4n) is 6.76. The number of hydrogen-bond acceptors (Lipinski definition) is 5. The Morgan fingerprint density at radius 2 is 1.66 bits per heavy atom. The molecule has 6 rings (SSSR count). The molecule has 47 heavy (non-hydrogen) atoms. The summed E-state index contributed by atoms with van der Waals surface area (Å²) in [4.78, 5) is 30.4. The summed E-state index contributed by atoms with van der Waals surface area (Å²) in [6, 6.07) is 16.1. The van der Waals surface area contributed by atoms with Crippen molar-refractivity contribution in [2.24, 2.45) is 0 Å². The van der Waals surface area contributed by atoms with Gasteiger partial charge in [0.2, 0.25) is 5.82 Å². The number of aliphatic hydroxyl groups is 1. The Hall–Kier alpha value is -4.35. The summed E-state index contributed by atoms with van der Waals surface area (Å²) >= 11 is 0. The van der Waals surface area contributed by atoms with Crippen molar-refractivity contribution in [2.45, 2.75) is 63.2 Å². The van der Waals surface area contributed by atoms with E-state index < -0.39 is 35.3 Å². The number of carbonyl (C=O) groups excluding carboxylic acids is 1. The van der Waals surface area contributed by atoms with E-state index in [0.717, 1.165) is 46.7 Å². The highest BCUT2D eigenvalue weighted by Crippen LogP contribution is 2.40. The molecule has 2 amide bonds. The Bertz CT molecular complexity index is 1660. The fraction of sp³-hybridized carbons (Fsp3) is 0.389. The predicted molar refractivity (Wildman–Crippen MR) is 169 cm³/mol. The first-order chi connectivity index (χ1) is 22.8. The number of benzene rings is 3. The number of aryl methyl sites for hydroxylation is 1. The average molecular weight is 650 g/mol. The number of piperazine rings is 1. The van der Waals surface area contributed by atoms with Crippen molar-refractivity contribution in [2.75, 3.05) is 26.3 Å². The van der Waals surface area contributed by atoms with Gasteiger partial charge in [-0.3, -0.25) is 9.69 Å². The van der Waals surface area contributed by atoms with Crippen molar-refractivity contribution in [1.82, 2.24) is 15.1 Å². The molecule has 3 aromatic carbocycles. The molecule has 0 radical (unpaired) electrons. The summed E-state index contributed by atoms with van der Waals surface area (Å²) < 4.78 is 46.5. The van der Waals surface area contributed by atoms with Crippen LogP contribution in [0.1, 0.15) is 47.9 Å². The first kappa shape index (κ1) is 32.6. The molecule has 1 saturated heterocycles. The highest BCUT2D eigenvalue weighted by atomic mass is 19.2. The lowest BCUT2D eigenvalue weighted by Gasteiger charge is -2.47. The summed E-state index contributed by atoms with van der Waals surface area (Å²) in [6.45, 7) is 1.18. The minimum absolute atomic E-state index is 0.000473. The van der Waals surface area contributed by atoms with E-state index >= 15 is 0 Å². The number of aliphatic hydroxyl groups excluding tert-OH is 1. The molecule has 2 aliphatic heterocycles. The number of amides is 2. The van der Waals surface area contributed by atoms with Gasteiger partial charge in [-0.05, 0) is 78.5 Å². The number of halogens is 3. The summed E-state index contributed by atoms with van der Waals surface area (Å²) in [7, 11) is 0. The minimum atomic E-state index is -1.35. The number of carbonyl (C=O) groups is 2. The van der Waals surface area contributed by atoms with Crippen LogP contribution in [0, 0.1) is 17.5 Å². The summed E-state index contributed by atoms with van der Waals surface area (Å²) in [5, 5.41) is 23.1. The number of nitrogens with one attached hydrogen (secondary N) is 1. The quantitative estimate of drug-likeness (QED) is 0.182. The molecular weight excluding hydrogens is 611 g/mol. The summed E-state index contributed by atoms with van der Waals surface area (Å²) in [5.74, 6) is -4.39. The molecule has 8 nitrogen and oxygen atoms in total.